The van der Waals surface area contributed by atoms with Gasteiger partial charge < -0.3 is 20.6 Å². The van der Waals surface area contributed by atoms with Crippen molar-refractivity contribution in [2.75, 3.05) is 44.6 Å². The van der Waals surface area contributed by atoms with Crippen LogP contribution in [0.1, 0.15) is 18.9 Å². The molecule has 2 unspecified atom stereocenters. The van der Waals surface area contributed by atoms with Crippen molar-refractivity contribution in [3.8, 4) is 0 Å². The summed E-state index contributed by atoms with van der Waals surface area (Å²) in [6.07, 6.45) is 0.930. The first kappa shape index (κ1) is 24.7. The van der Waals surface area contributed by atoms with Gasteiger partial charge in [-0.3, -0.25) is 14.5 Å². The monoisotopic (exact) mass is 432 g/mol. The summed E-state index contributed by atoms with van der Waals surface area (Å²) in [6.45, 7) is 5.49. The molecule has 2 aliphatic rings. The third-order valence-electron chi connectivity index (χ3n) is 5.13. The second-order valence-electron chi connectivity index (χ2n) is 7.01. The average molecular weight is 433 g/mol. The molecule has 158 valence electrons. The minimum atomic E-state index is -0.431. The maximum absolute atomic E-state index is 12.4. The number of hydrogen-bond donors (Lipinski definition) is 3. The number of anilines is 1. The smallest absolute Gasteiger partial charge is 0.239 e. The Morgan fingerprint density at radius 3 is 2.46 bits per heavy atom. The zero-order valence-corrected chi connectivity index (χ0v) is 17.7. The standard InChI is InChI=1S/C19H28N4O3.2ClH/c1-2-14-5-3-4-6-16(14)21-18(25)13-22-7-9-23(10-8-22)19(26)17-11-15(24)12-20-17;;/h3-6,15,17,20,24H,2,7-13H2,1H3,(H,21,25);2*1H. The molecule has 3 N–H and O–H groups in total. The predicted molar refractivity (Wildman–Crippen MR) is 114 cm³/mol. The molecule has 2 saturated heterocycles. The number of nitrogens with zero attached hydrogens (tertiary/aromatic N) is 2. The highest BCUT2D eigenvalue weighted by molar-refractivity contribution is 5.93. The highest BCUT2D eigenvalue weighted by Crippen LogP contribution is 2.16. The van der Waals surface area contributed by atoms with E-state index in [2.05, 4.69) is 22.5 Å². The lowest BCUT2D eigenvalue weighted by Crippen LogP contribution is -2.54. The molecule has 2 heterocycles. The van der Waals surface area contributed by atoms with Crippen LogP contribution < -0.4 is 10.6 Å². The molecule has 2 amide bonds. The van der Waals surface area contributed by atoms with Gasteiger partial charge in [0, 0.05) is 38.4 Å². The number of amides is 2. The quantitative estimate of drug-likeness (QED) is 0.643. The number of aryl methyl sites for hydroxylation is 1. The van der Waals surface area contributed by atoms with Crippen molar-refractivity contribution in [1.29, 1.82) is 0 Å². The first-order valence-electron chi connectivity index (χ1n) is 9.37. The van der Waals surface area contributed by atoms with E-state index in [1.807, 2.05) is 29.2 Å². The third kappa shape index (κ3) is 6.32. The van der Waals surface area contributed by atoms with Crippen LogP contribution in [0, 0.1) is 0 Å². The Morgan fingerprint density at radius 1 is 1.18 bits per heavy atom. The number of carbonyl (C=O) groups is 2. The SMILES string of the molecule is CCc1ccccc1NC(=O)CN1CCN(C(=O)C2CC(O)CN2)CC1.Cl.Cl. The molecule has 2 fully saturated rings. The molecule has 0 aromatic heterocycles. The summed E-state index contributed by atoms with van der Waals surface area (Å²) in [5, 5.41) is 15.6. The zero-order chi connectivity index (χ0) is 18.5. The van der Waals surface area contributed by atoms with Crippen LogP contribution in [0.4, 0.5) is 5.69 Å². The maximum atomic E-state index is 12.4. The van der Waals surface area contributed by atoms with E-state index < -0.39 is 6.10 Å². The number of aliphatic hydroxyl groups excluding tert-OH is 1. The molecule has 1 aromatic carbocycles. The third-order valence-corrected chi connectivity index (χ3v) is 5.13. The van der Waals surface area contributed by atoms with Crippen molar-refractivity contribution in [1.82, 2.24) is 15.1 Å². The number of aliphatic hydroxyl groups is 1. The Labute approximate surface area is 178 Å². The fraction of sp³-hybridized carbons (Fsp3) is 0.579. The average Bonchev–Trinajstić information content (AvgIpc) is 3.08. The molecule has 2 atom stereocenters. The molecule has 1 aromatic rings. The van der Waals surface area contributed by atoms with Crippen molar-refractivity contribution in [2.24, 2.45) is 0 Å². The van der Waals surface area contributed by atoms with E-state index in [9.17, 15) is 14.7 Å². The summed E-state index contributed by atoms with van der Waals surface area (Å²) in [6, 6.07) is 7.57. The molecule has 0 spiro atoms. The van der Waals surface area contributed by atoms with Crippen molar-refractivity contribution < 1.29 is 14.7 Å². The Bertz CT molecular complexity index is 654. The van der Waals surface area contributed by atoms with Gasteiger partial charge in [-0.25, -0.2) is 0 Å². The Kier molecular flexibility index (Phi) is 10.2. The van der Waals surface area contributed by atoms with Gasteiger partial charge in [-0.1, -0.05) is 25.1 Å². The van der Waals surface area contributed by atoms with Crippen LogP contribution in [0.2, 0.25) is 0 Å². The summed E-state index contributed by atoms with van der Waals surface area (Å²) in [7, 11) is 0. The number of para-hydroxylation sites is 1. The van der Waals surface area contributed by atoms with E-state index in [1.54, 1.807) is 0 Å². The summed E-state index contributed by atoms with van der Waals surface area (Å²) in [5.41, 5.74) is 2.00. The second kappa shape index (κ2) is 11.6. The lowest BCUT2D eigenvalue weighted by Gasteiger charge is -2.35. The Morgan fingerprint density at radius 2 is 1.86 bits per heavy atom. The molecule has 7 nitrogen and oxygen atoms in total. The topological polar surface area (TPSA) is 84.9 Å². The predicted octanol–water partition coefficient (Wildman–Crippen LogP) is 0.898. The number of rotatable bonds is 5. The summed E-state index contributed by atoms with van der Waals surface area (Å²) in [4.78, 5) is 28.7. The van der Waals surface area contributed by atoms with Crippen LogP contribution in [0.3, 0.4) is 0 Å². The van der Waals surface area contributed by atoms with Crippen LogP contribution in [0.15, 0.2) is 24.3 Å². The molecular formula is C19H30Cl2N4O3. The molecule has 0 saturated carbocycles. The van der Waals surface area contributed by atoms with E-state index in [1.165, 1.54) is 0 Å². The Hall–Kier alpha value is -1.38. The Balaban J connectivity index is 0.00000196. The maximum Gasteiger partial charge on any atom is 0.239 e. The van der Waals surface area contributed by atoms with Crippen molar-refractivity contribution >= 4 is 42.3 Å². The van der Waals surface area contributed by atoms with E-state index in [0.717, 1.165) is 17.7 Å². The molecule has 0 radical (unpaired) electrons. The molecular weight excluding hydrogens is 403 g/mol. The van der Waals surface area contributed by atoms with Crippen molar-refractivity contribution in [3.63, 3.8) is 0 Å². The lowest BCUT2D eigenvalue weighted by atomic mass is 10.1. The molecule has 0 bridgehead atoms. The summed E-state index contributed by atoms with van der Waals surface area (Å²) >= 11 is 0. The van der Waals surface area contributed by atoms with Crippen LogP contribution in [0.25, 0.3) is 0 Å². The van der Waals surface area contributed by atoms with E-state index in [0.29, 0.717) is 45.7 Å². The number of piperazine rings is 1. The van der Waals surface area contributed by atoms with Gasteiger partial charge in [0.25, 0.3) is 0 Å². The number of hydrogen-bond acceptors (Lipinski definition) is 5. The van der Waals surface area contributed by atoms with Crippen LogP contribution >= 0.6 is 24.8 Å². The van der Waals surface area contributed by atoms with Gasteiger partial charge in [-0.15, -0.1) is 24.8 Å². The van der Waals surface area contributed by atoms with Gasteiger partial charge in [0.05, 0.1) is 18.7 Å². The van der Waals surface area contributed by atoms with Gasteiger partial charge in [0.1, 0.15) is 0 Å². The largest absolute Gasteiger partial charge is 0.392 e. The number of halogens is 2. The van der Waals surface area contributed by atoms with E-state index in [4.69, 9.17) is 0 Å². The van der Waals surface area contributed by atoms with Gasteiger partial charge in [-0.05, 0) is 24.5 Å². The minimum Gasteiger partial charge on any atom is -0.392 e. The van der Waals surface area contributed by atoms with Gasteiger partial charge in [0.15, 0.2) is 0 Å². The number of carbonyl (C=O) groups excluding carboxylic acids is 2. The first-order valence-corrected chi connectivity index (χ1v) is 9.37. The fourth-order valence-corrected chi connectivity index (χ4v) is 3.60. The molecule has 28 heavy (non-hydrogen) atoms. The van der Waals surface area contributed by atoms with Crippen LogP contribution in [-0.4, -0.2) is 78.1 Å². The zero-order valence-electron chi connectivity index (χ0n) is 16.1. The lowest BCUT2D eigenvalue weighted by molar-refractivity contribution is -0.135. The first-order chi connectivity index (χ1) is 12.6. The second-order valence-corrected chi connectivity index (χ2v) is 7.01. The molecule has 0 aliphatic carbocycles. The van der Waals surface area contributed by atoms with Gasteiger partial charge >= 0.3 is 0 Å². The fourth-order valence-electron chi connectivity index (χ4n) is 3.60. The summed E-state index contributed by atoms with van der Waals surface area (Å²) in [5.74, 6) is 0.0359. The molecule has 3 rings (SSSR count). The van der Waals surface area contributed by atoms with Crippen LogP contribution in [-0.2, 0) is 16.0 Å². The highest BCUT2D eigenvalue weighted by atomic mass is 35.5. The normalized spacial score (nSPS) is 22.1. The number of benzene rings is 1. The van der Waals surface area contributed by atoms with E-state index >= 15 is 0 Å². The van der Waals surface area contributed by atoms with Gasteiger partial charge in [0.2, 0.25) is 11.8 Å². The highest BCUT2D eigenvalue weighted by Gasteiger charge is 2.32. The molecule has 2 aliphatic heterocycles. The number of β-amino-alcohol motifs (C(OH)–C–C–N with tert-alkyl or cyclic N) is 1. The van der Waals surface area contributed by atoms with E-state index in [-0.39, 0.29) is 42.7 Å². The minimum absolute atomic E-state index is 0. The number of nitrogens with one attached hydrogen (secondary N) is 2. The van der Waals surface area contributed by atoms with Crippen LogP contribution in [0.5, 0.6) is 0 Å². The van der Waals surface area contributed by atoms with Gasteiger partial charge in [-0.2, -0.15) is 0 Å². The van der Waals surface area contributed by atoms with Crippen molar-refractivity contribution in [2.45, 2.75) is 31.9 Å². The summed E-state index contributed by atoms with van der Waals surface area (Å²) < 4.78 is 0. The molecule has 9 heteroatoms. The van der Waals surface area contributed by atoms with Crippen molar-refractivity contribution in [3.05, 3.63) is 29.8 Å².